The van der Waals surface area contributed by atoms with E-state index >= 15 is 0 Å². The molecule has 1 saturated carbocycles. The molecule has 7 nitrogen and oxygen atoms in total. The van der Waals surface area contributed by atoms with Gasteiger partial charge in [-0.2, -0.15) is 0 Å². The fraction of sp³-hybridized carbons (Fsp3) is 0.364. The van der Waals surface area contributed by atoms with Gasteiger partial charge in [0.1, 0.15) is 11.7 Å². The molecule has 4 N–H and O–H groups in total. The summed E-state index contributed by atoms with van der Waals surface area (Å²) in [5, 5.41) is 7.49. The van der Waals surface area contributed by atoms with Gasteiger partial charge in [0.25, 0.3) is 0 Å². The first-order chi connectivity index (χ1) is 14.3. The van der Waals surface area contributed by atoms with Crippen LogP contribution in [0.5, 0.6) is 0 Å². The lowest BCUT2D eigenvalue weighted by Gasteiger charge is -2.12. The van der Waals surface area contributed by atoms with E-state index in [2.05, 4.69) is 4.72 Å². The Morgan fingerprint density at radius 2 is 1.90 bits per heavy atom. The number of hydrogen-bond acceptors (Lipinski definition) is 4. The van der Waals surface area contributed by atoms with Crippen LogP contribution in [0, 0.1) is 11.3 Å². The van der Waals surface area contributed by atoms with Gasteiger partial charge in [0.2, 0.25) is 10.0 Å². The molecule has 3 aromatic rings. The van der Waals surface area contributed by atoms with Gasteiger partial charge in [0.05, 0.1) is 22.5 Å². The van der Waals surface area contributed by atoms with Crippen molar-refractivity contribution in [1.29, 1.82) is 5.41 Å². The van der Waals surface area contributed by atoms with E-state index < -0.39 is 10.0 Å². The first kappa shape index (κ1) is 20.4. The van der Waals surface area contributed by atoms with Crippen molar-refractivity contribution in [2.24, 2.45) is 18.7 Å². The van der Waals surface area contributed by atoms with Gasteiger partial charge in [-0.05, 0) is 42.5 Å². The van der Waals surface area contributed by atoms with Crippen molar-refractivity contribution < 1.29 is 8.42 Å². The molecule has 0 atom stereocenters. The summed E-state index contributed by atoms with van der Waals surface area (Å²) in [6.07, 6.45) is 4.88. The zero-order valence-electron chi connectivity index (χ0n) is 17.1. The molecule has 0 amide bonds. The average molecular weight is 426 g/mol. The van der Waals surface area contributed by atoms with Gasteiger partial charge in [-0.25, -0.2) is 13.4 Å². The summed E-state index contributed by atoms with van der Waals surface area (Å²) in [5.74, 6) is 1.38. The highest BCUT2D eigenvalue weighted by atomic mass is 32.2. The molecule has 1 heterocycles. The molecule has 0 bridgehead atoms. The van der Waals surface area contributed by atoms with E-state index in [1.807, 2.05) is 41.9 Å². The highest BCUT2D eigenvalue weighted by molar-refractivity contribution is 7.92. The number of benzene rings is 2. The maximum atomic E-state index is 12.5. The number of nitrogens with zero attached hydrogens (tertiary/aromatic N) is 2. The Balaban J connectivity index is 1.53. The first-order valence-corrected chi connectivity index (χ1v) is 11.8. The number of hydrogen-bond donors (Lipinski definition) is 3. The van der Waals surface area contributed by atoms with Crippen LogP contribution >= 0.6 is 0 Å². The second kappa shape index (κ2) is 8.10. The summed E-state index contributed by atoms with van der Waals surface area (Å²) in [4.78, 5) is 4.72. The van der Waals surface area contributed by atoms with Crippen LogP contribution in [0.3, 0.4) is 0 Å². The van der Waals surface area contributed by atoms with Crippen molar-refractivity contribution in [2.75, 3.05) is 10.5 Å². The van der Waals surface area contributed by atoms with Gasteiger partial charge in [-0.1, -0.05) is 37.1 Å². The number of imidazole rings is 1. The zero-order valence-corrected chi connectivity index (χ0v) is 17.9. The number of amidine groups is 1. The maximum absolute atomic E-state index is 12.5. The molecule has 4 rings (SSSR count). The molecule has 1 fully saturated rings. The van der Waals surface area contributed by atoms with Crippen LogP contribution < -0.4 is 10.5 Å². The van der Waals surface area contributed by atoms with E-state index in [1.165, 1.54) is 0 Å². The second-order valence-electron chi connectivity index (χ2n) is 8.11. The normalized spacial score (nSPS) is 15.0. The molecular formula is C22H27N5O2S. The summed E-state index contributed by atoms with van der Waals surface area (Å²) >= 11 is 0. The van der Waals surface area contributed by atoms with Crippen molar-refractivity contribution in [2.45, 2.75) is 32.1 Å². The molecule has 1 aromatic heterocycles. The van der Waals surface area contributed by atoms with Crippen molar-refractivity contribution in [3.63, 3.8) is 0 Å². The van der Waals surface area contributed by atoms with Gasteiger partial charge < -0.3 is 10.3 Å². The molecule has 0 aliphatic heterocycles. The summed E-state index contributed by atoms with van der Waals surface area (Å²) in [5.41, 5.74) is 9.53. The fourth-order valence-corrected chi connectivity index (χ4v) is 5.69. The van der Waals surface area contributed by atoms with Gasteiger partial charge >= 0.3 is 0 Å². The van der Waals surface area contributed by atoms with E-state index in [0.717, 1.165) is 48.1 Å². The van der Waals surface area contributed by atoms with Crippen LogP contribution in [0.15, 0.2) is 42.5 Å². The Hall–Kier alpha value is -2.87. The van der Waals surface area contributed by atoms with Crippen LogP contribution in [-0.2, 0) is 23.5 Å². The number of nitrogen functional groups attached to an aromatic ring is 1. The third kappa shape index (κ3) is 4.48. The van der Waals surface area contributed by atoms with Crippen LogP contribution in [0.1, 0.15) is 42.6 Å². The molecule has 2 aromatic carbocycles. The van der Waals surface area contributed by atoms with Gasteiger partial charge in [0.15, 0.2) is 0 Å². The quantitative estimate of drug-likeness (QED) is 0.398. The van der Waals surface area contributed by atoms with Gasteiger partial charge in [0, 0.05) is 19.0 Å². The fourth-order valence-electron chi connectivity index (χ4n) is 4.16. The van der Waals surface area contributed by atoms with E-state index in [-0.39, 0.29) is 17.5 Å². The van der Waals surface area contributed by atoms with Gasteiger partial charge in [-0.15, -0.1) is 0 Å². The Kier molecular flexibility index (Phi) is 5.51. The molecule has 0 saturated heterocycles. The Bertz CT molecular complexity index is 1180. The minimum Gasteiger partial charge on any atom is -0.384 e. The third-order valence-corrected chi connectivity index (χ3v) is 7.26. The van der Waals surface area contributed by atoms with E-state index in [4.69, 9.17) is 16.1 Å². The molecule has 1 aliphatic rings. The molecule has 0 radical (unpaired) electrons. The lowest BCUT2D eigenvalue weighted by atomic mass is 10.1. The lowest BCUT2D eigenvalue weighted by Crippen LogP contribution is -2.21. The number of aryl methyl sites for hydroxylation is 1. The highest BCUT2D eigenvalue weighted by Crippen LogP contribution is 2.27. The maximum Gasteiger partial charge on any atom is 0.232 e. The van der Waals surface area contributed by atoms with E-state index in [0.29, 0.717) is 17.7 Å². The van der Waals surface area contributed by atoms with Crippen LogP contribution in [0.4, 0.5) is 5.69 Å². The average Bonchev–Trinajstić information content (AvgIpc) is 3.29. The lowest BCUT2D eigenvalue weighted by molar-refractivity contribution is 0.563. The predicted octanol–water partition coefficient (Wildman–Crippen LogP) is 3.38. The summed E-state index contributed by atoms with van der Waals surface area (Å²) < 4.78 is 29.8. The minimum atomic E-state index is -3.36. The number of fused-ring (bicyclic) bond motifs is 1. The highest BCUT2D eigenvalue weighted by Gasteiger charge is 2.22. The summed E-state index contributed by atoms with van der Waals surface area (Å²) in [6.45, 7) is 0. The smallest absolute Gasteiger partial charge is 0.232 e. The van der Waals surface area contributed by atoms with Crippen LogP contribution in [-0.4, -0.2) is 29.6 Å². The standard InChI is InChI=1S/C22H27N5O2S/c1-27-20-11-10-18(26-30(28,29)14-16-4-2-3-5-16)13-19(20)25-21(27)12-15-6-8-17(9-7-15)22(23)24/h6-11,13,16,26H,2-5,12,14H2,1H3,(H3,23,24). The number of aromatic nitrogens is 2. The monoisotopic (exact) mass is 425 g/mol. The van der Waals surface area contributed by atoms with Crippen molar-refractivity contribution >= 4 is 32.6 Å². The summed E-state index contributed by atoms with van der Waals surface area (Å²) in [7, 11) is -1.40. The minimum absolute atomic E-state index is 0.0483. The van der Waals surface area contributed by atoms with E-state index in [9.17, 15) is 8.42 Å². The molecule has 8 heteroatoms. The largest absolute Gasteiger partial charge is 0.384 e. The number of rotatable bonds is 7. The summed E-state index contributed by atoms with van der Waals surface area (Å²) in [6, 6.07) is 13.0. The van der Waals surface area contributed by atoms with Crippen LogP contribution in [0.25, 0.3) is 11.0 Å². The second-order valence-corrected chi connectivity index (χ2v) is 9.88. The Morgan fingerprint density at radius 3 is 2.57 bits per heavy atom. The Morgan fingerprint density at radius 1 is 1.20 bits per heavy atom. The predicted molar refractivity (Wildman–Crippen MR) is 120 cm³/mol. The van der Waals surface area contributed by atoms with Gasteiger partial charge in [-0.3, -0.25) is 10.1 Å². The molecule has 0 spiro atoms. The van der Waals surface area contributed by atoms with Crippen molar-refractivity contribution in [3.05, 3.63) is 59.4 Å². The SMILES string of the molecule is Cn1c(Cc2ccc(C(=N)N)cc2)nc2cc(NS(=O)(=O)CC3CCCC3)ccc21. The van der Waals surface area contributed by atoms with E-state index in [1.54, 1.807) is 12.1 Å². The first-order valence-electron chi connectivity index (χ1n) is 10.2. The molecule has 30 heavy (non-hydrogen) atoms. The molecule has 1 aliphatic carbocycles. The van der Waals surface area contributed by atoms with Crippen LogP contribution in [0.2, 0.25) is 0 Å². The number of nitrogens with two attached hydrogens (primary N) is 1. The molecule has 158 valence electrons. The zero-order chi connectivity index (χ0) is 21.3. The Labute approximate surface area is 176 Å². The van der Waals surface area contributed by atoms with Crippen molar-refractivity contribution in [3.8, 4) is 0 Å². The number of anilines is 1. The number of nitrogens with one attached hydrogen (secondary N) is 2. The number of sulfonamides is 1. The third-order valence-electron chi connectivity index (χ3n) is 5.80. The topological polar surface area (TPSA) is 114 Å². The van der Waals surface area contributed by atoms with Crippen molar-refractivity contribution in [1.82, 2.24) is 9.55 Å². The molecular weight excluding hydrogens is 398 g/mol. The molecule has 0 unspecified atom stereocenters.